The number of hydrogen-bond donors (Lipinski definition) is 3. The third-order valence-corrected chi connectivity index (χ3v) is 8.39. The minimum absolute atomic E-state index is 0.147. The maximum atomic E-state index is 11.7. The summed E-state index contributed by atoms with van der Waals surface area (Å²) in [5.41, 5.74) is 5.73. The van der Waals surface area contributed by atoms with Gasteiger partial charge in [0.2, 0.25) is 0 Å². The Morgan fingerprint density at radius 3 is 1.90 bits per heavy atom. The first kappa shape index (κ1) is 31.1. The van der Waals surface area contributed by atoms with E-state index in [1.54, 1.807) is 6.07 Å². The first-order valence-corrected chi connectivity index (χ1v) is 16.4. The van der Waals surface area contributed by atoms with Gasteiger partial charge in [-0.1, -0.05) is 115 Å². The number of anilines is 1. The summed E-state index contributed by atoms with van der Waals surface area (Å²) in [6.07, 6.45) is 21.2. The van der Waals surface area contributed by atoms with Crippen LogP contribution < -0.4 is 11.3 Å². The van der Waals surface area contributed by atoms with Gasteiger partial charge in [0.1, 0.15) is 5.82 Å². The van der Waals surface area contributed by atoms with E-state index in [-0.39, 0.29) is 4.90 Å². The van der Waals surface area contributed by atoms with Crippen LogP contribution in [0.4, 0.5) is 5.69 Å². The number of nitrogens with one attached hydrogen (secondary N) is 1. The van der Waals surface area contributed by atoms with Crippen molar-refractivity contribution >= 4 is 26.8 Å². The van der Waals surface area contributed by atoms with E-state index in [0.717, 1.165) is 42.0 Å². The number of nitrogens with two attached hydrogens (primary N) is 1. The SMILES string of the molecule is CCCCCCCCCCCCCCCCCCn1c(-c2cccc(NN)c2)nc2cc(S(=O)(=O)O)ccc21. The van der Waals surface area contributed by atoms with Gasteiger partial charge < -0.3 is 9.99 Å². The van der Waals surface area contributed by atoms with Crippen LogP contribution in [0, 0.1) is 0 Å². The van der Waals surface area contributed by atoms with Crippen LogP contribution >= 0.6 is 0 Å². The summed E-state index contributed by atoms with van der Waals surface area (Å²) in [4.78, 5) is 4.60. The number of unbranched alkanes of at least 4 members (excludes halogenated alkanes) is 15. The van der Waals surface area contributed by atoms with E-state index in [1.807, 2.05) is 24.3 Å². The number of nitrogen functional groups attached to an aromatic ring is 1. The second kappa shape index (κ2) is 16.6. The van der Waals surface area contributed by atoms with Crippen LogP contribution in [0.15, 0.2) is 47.4 Å². The van der Waals surface area contributed by atoms with Gasteiger partial charge in [0.15, 0.2) is 0 Å². The average molecular weight is 557 g/mol. The fraction of sp³-hybridized carbons (Fsp3) is 0.581. The molecule has 1 aromatic heterocycles. The molecule has 39 heavy (non-hydrogen) atoms. The zero-order valence-electron chi connectivity index (χ0n) is 23.7. The number of fused-ring (bicyclic) bond motifs is 1. The normalized spacial score (nSPS) is 11.9. The molecule has 0 fully saturated rings. The number of rotatable bonds is 20. The molecule has 0 unspecified atom stereocenters. The third-order valence-electron chi connectivity index (χ3n) is 7.54. The van der Waals surface area contributed by atoms with Crippen molar-refractivity contribution in [3.05, 3.63) is 42.5 Å². The van der Waals surface area contributed by atoms with E-state index in [1.165, 1.54) is 102 Å². The lowest BCUT2D eigenvalue weighted by Crippen LogP contribution is -2.07. The zero-order valence-corrected chi connectivity index (χ0v) is 24.5. The van der Waals surface area contributed by atoms with E-state index >= 15 is 0 Å². The Morgan fingerprint density at radius 2 is 1.36 bits per heavy atom. The van der Waals surface area contributed by atoms with Gasteiger partial charge in [-0.15, -0.1) is 0 Å². The van der Waals surface area contributed by atoms with Crippen molar-refractivity contribution in [2.45, 2.75) is 121 Å². The lowest BCUT2D eigenvalue weighted by molar-refractivity contribution is 0.483. The number of aryl methyl sites for hydroxylation is 1. The molecule has 0 saturated heterocycles. The highest BCUT2D eigenvalue weighted by atomic mass is 32.2. The topological polar surface area (TPSA) is 110 Å². The Labute approximate surface area is 235 Å². The first-order valence-electron chi connectivity index (χ1n) is 15.0. The first-order chi connectivity index (χ1) is 18.9. The number of nitrogens with zero attached hydrogens (tertiary/aromatic N) is 2. The minimum atomic E-state index is -4.29. The molecule has 8 heteroatoms. The number of benzene rings is 2. The summed E-state index contributed by atoms with van der Waals surface area (Å²) in [5, 5.41) is 0. The molecule has 3 rings (SSSR count). The van der Waals surface area contributed by atoms with E-state index in [9.17, 15) is 13.0 Å². The molecule has 3 aromatic rings. The van der Waals surface area contributed by atoms with Gasteiger partial charge in [-0.2, -0.15) is 8.42 Å². The van der Waals surface area contributed by atoms with Crippen LogP contribution in [0.3, 0.4) is 0 Å². The average Bonchev–Trinajstić information content (AvgIpc) is 3.30. The molecule has 0 aliphatic carbocycles. The summed E-state index contributed by atoms with van der Waals surface area (Å²) < 4.78 is 34.9. The Balaban J connectivity index is 1.44. The molecule has 0 aliphatic heterocycles. The summed E-state index contributed by atoms with van der Waals surface area (Å²) in [6.45, 7) is 3.06. The minimum Gasteiger partial charge on any atom is -0.324 e. The smallest absolute Gasteiger partial charge is 0.294 e. The number of hydrazine groups is 1. The number of aromatic nitrogens is 2. The fourth-order valence-electron chi connectivity index (χ4n) is 5.28. The van der Waals surface area contributed by atoms with E-state index in [0.29, 0.717) is 5.52 Å². The molecular formula is C31H48N4O3S. The van der Waals surface area contributed by atoms with Gasteiger partial charge >= 0.3 is 0 Å². The summed E-state index contributed by atoms with van der Waals surface area (Å²) >= 11 is 0. The monoisotopic (exact) mass is 556 g/mol. The molecule has 1 heterocycles. The van der Waals surface area contributed by atoms with Gasteiger partial charge in [0, 0.05) is 17.8 Å². The van der Waals surface area contributed by atoms with Crippen LogP contribution in [0.25, 0.3) is 22.4 Å². The highest BCUT2D eigenvalue weighted by molar-refractivity contribution is 7.85. The summed E-state index contributed by atoms with van der Waals surface area (Å²) in [7, 11) is -4.29. The Kier molecular flexibility index (Phi) is 13.3. The largest absolute Gasteiger partial charge is 0.324 e. The molecule has 0 bridgehead atoms. The zero-order chi connectivity index (χ0) is 27.9. The Bertz CT molecular complexity index is 1240. The molecule has 0 amide bonds. The maximum absolute atomic E-state index is 11.7. The second-order valence-electron chi connectivity index (χ2n) is 10.7. The molecule has 0 spiro atoms. The van der Waals surface area contributed by atoms with Gasteiger partial charge in [-0.3, -0.25) is 10.4 Å². The molecule has 0 aliphatic rings. The number of imidazole rings is 1. The Morgan fingerprint density at radius 1 is 0.795 bits per heavy atom. The molecule has 2 aromatic carbocycles. The molecule has 0 radical (unpaired) electrons. The molecule has 4 N–H and O–H groups in total. The van der Waals surface area contributed by atoms with Gasteiger partial charge in [0.25, 0.3) is 10.1 Å². The van der Waals surface area contributed by atoms with Crippen molar-refractivity contribution in [2.75, 3.05) is 5.43 Å². The van der Waals surface area contributed by atoms with Crippen molar-refractivity contribution < 1.29 is 13.0 Å². The van der Waals surface area contributed by atoms with Crippen molar-refractivity contribution in [1.29, 1.82) is 0 Å². The van der Waals surface area contributed by atoms with Crippen LogP contribution in [0.5, 0.6) is 0 Å². The summed E-state index contributed by atoms with van der Waals surface area (Å²) in [6, 6.07) is 12.3. The van der Waals surface area contributed by atoms with Gasteiger partial charge in [-0.25, -0.2) is 4.98 Å². The number of hydrogen-bond acceptors (Lipinski definition) is 5. The van der Waals surface area contributed by atoms with Crippen molar-refractivity contribution in [3.63, 3.8) is 0 Å². The van der Waals surface area contributed by atoms with Gasteiger partial charge in [0.05, 0.1) is 15.9 Å². The molecule has 216 valence electrons. The van der Waals surface area contributed by atoms with Crippen LogP contribution in [-0.4, -0.2) is 22.5 Å². The quantitative estimate of drug-likeness (QED) is 0.0557. The molecule has 0 atom stereocenters. The van der Waals surface area contributed by atoms with Gasteiger partial charge in [-0.05, 0) is 36.8 Å². The molecule has 0 saturated carbocycles. The van der Waals surface area contributed by atoms with E-state index < -0.39 is 10.1 Å². The van der Waals surface area contributed by atoms with Crippen molar-refractivity contribution in [2.24, 2.45) is 5.84 Å². The Hall–Kier alpha value is -2.42. The molecular weight excluding hydrogens is 508 g/mol. The molecule has 7 nitrogen and oxygen atoms in total. The standard InChI is InChI=1S/C31H48N4O3S/c1-2-3-4-5-6-7-8-9-10-11-12-13-14-15-16-17-23-35-30-22-21-28(39(36,37)38)25-29(30)33-31(35)26-19-18-20-27(24-26)34-32/h18-22,24-25,34H,2-17,23,32H2,1H3,(H,36,37,38). The maximum Gasteiger partial charge on any atom is 0.294 e. The predicted molar refractivity (Wildman–Crippen MR) is 162 cm³/mol. The van der Waals surface area contributed by atoms with Crippen LogP contribution in [0.1, 0.15) is 110 Å². The lowest BCUT2D eigenvalue weighted by atomic mass is 10.0. The van der Waals surface area contributed by atoms with E-state index in [2.05, 4.69) is 16.9 Å². The lowest BCUT2D eigenvalue weighted by Gasteiger charge is -2.11. The van der Waals surface area contributed by atoms with Crippen molar-refractivity contribution in [3.8, 4) is 11.4 Å². The van der Waals surface area contributed by atoms with E-state index in [4.69, 9.17) is 10.8 Å². The van der Waals surface area contributed by atoms with Crippen molar-refractivity contribution in [1.82, 2.24) is 9.55 Å². The third kappa shape index (κ3) is 10.2. The highest BCUT2D eigenvalue weighted by Gasteiger charge is 2.17. The summed E-state index contributed by atoms with van der Waals surface area (Å²) in [5.74, 6) is 6.37. The predicted octanol–water partition coefficient (Wildman–Crippen LogP) is 8.50. The fourth-order valence-corrected chi connectivity index (χ4v) is 5.78. The second-order valence-corrected chi connectivity index (χ2v) is 12.2. The van der Waals surface area contributed by atoms with Crippen LogP contribution in [-0.2, 0) is 16.7 Å². The van der Waals surface area contributed by atoms with Crippen LogP contribution in [0.2, 0.25) is 0 Å². The highest BCUT2D eigenvalue weighted by Crippen LogP contribution is 2.29.